The Hall–Kier alpha value is -0.610. The Balaban J connectivity index is 2.05. The van der Waals surface area contributed by atoms with Gasteiger partial charge in [-0.2, -0.15) is 0 Å². The maximum Gasteiger partial charge on any atom is 0.237 e. The van der Waals surface area contributed by atoms with Gasteiger partial charge in [-0.3, -0.25) is 4.79 Å². The van der Waals surface area contributed by atoms with Crippen LogP contribution in [-0.2, 0) is 4.79 Å². The average Bonchev–Trinajstić information content (AvgIpc) is 2.81. The fourth-order valence-corrected chi connectivity index (χ4v) is 2.22. The molecule has 0 spiro atoms. The molecule has 1 atom stereocenters. The van der Waals surface area contributed by atoms with E-state index in [1.54, 1.807) is 0 Å². The Kier molecular flexibility index (Phi) is 7.21. The van der Waals surface area contributed by atoms with E-state index >= 15 is 0 Å². The van der Waals surface area contributed by atoms with Gasteiger partial charge in [-0.05, 0) is 45.6 Å². The van der Waals surface area contributed by atoms with Crippen molar-refractivity contribution in [2.24, 2.45) is 0 Å². The topological polar surface area (TPSA) is 61.4 Å². The van der Waals surface area contributed by atoms with E-state index in [4.69, 9.17) is 5.11 Å². The number of hydrogen-bond donors (Lipinski definition) is 3. The Morgan fingerprint density at radius 3 is 2.65 bits per heavy atom. The highest BCUT2D eigenvalue weighted by atomic mass is 16.2. The first kappa shape index (κ1) is 14.5. The van der Waals surface area contributed by atoms with E-state index < -0.39 is 0 Å². The summed E-state index contributed by atoms with van der Waals surface area (Å²) in [6.07, 6.45) is 7.64. The molecule has 1 fully saturated rings. The van der Waals surface area contributed by atoms with Crippen LogP contribution in [0.15, 0.2) is 0 Å². The fraction of sp³-hybridized carbons (Fsp3) is 0.923. The molecule has 0 aromatic carbocycles. The third-order valence-corrected chi connectivity index (χ3v) is 3.38. The maximum atomic E-state index is 11.8. The maximum absolute atomic E-state index is 11.8. The van der Waals surface area contributed by atoms with Crippen molar-refractivity contribution < 1.29 is 9.90 Å². The minimum atomic E-state index is -0.107. The lowest BCUT2D eigenvalue weighted by molar-refractivity contribution is -0.123. The summed E-state index contributed by atoms with van der Waals surface area (Å²) in [7, 11) is 0. The van der Waals surface area contributed by atoms with Crippen LogP contribution < -0.4 is 10.6 Å². The molecule has 0 aliphatic heterocycles. The SMILES string of the molecule is CC(NCCCCCO)C(=O)NC1CCCC1. The zero-order chi connectivity index (χ0) is 12.5. The first-order valence-electron chi connectivity index (χ1n) is 6.88. The highest BCUT2D eigenvalue weighted by molar-refractivity contribution is 5.81. The number of carbonyl (C=O) groups is 1. The Labute approximate surface area is 104 Å². The van der Waals surface area contributed by atoms with Gasteiger partial charge in [-0.15, -0.1) is 0 Å². The van der Waals surface area contributed by atoms with Crippen molar-refractivity contribution in [1.29, 1.82) is 0 Å². The Morgan fingerprint density at radius 2 is 2.00 bits per heavy atom. The molecule has 0 bridgehead atoms. The smallest absolute Gasteiger partial charge is 0.237 e. The summed E-state index contributed by atoms with van der Waals surface area (Å²) >= 11 is 0. The standard InChI is InChI=1S/C13H26N2O2/c1-11(14-9-5-2-6-10-16)13(17)15-12-7-3-4-8-12/h11-12,14,16H,2-10H2,1H3,(H,15,17). The zero-order valence-electron chi connectivity index (χ0n) is 10.9. The second-order valence-electron chi connectivity index (χ2n) is 4.95. The second-order valence-corrected chi connectivity index (χ2v) is 4.95. The Morgan fingerprint density at radius 1 is 1.29 bits per heavy atom. The molecule has 1 rings (SSSR count). The summed E-state index contributed by atoms with van der Waals surface area (Å²) in [5.41, 5.74) is 0. The third-order valence-electron chi connectivity index (χ3n) is 3.38. The molecule has 1 saturated carbocycles. The number of rotatable bonds is 8. The summed E-state index contributed by atoms with van der Waals surface area (Å²) in [5.74, 6) is 0.124. The molecule has 4 nitrogen and oxygen atoms in total. The lowest BCUT2D eigenvalue weighted by Crippen LogP contribution is -2.45. The highest BCUT2D eigenvalue weighted by Crippen LogP contribution is 2.17. The second kappa shape index (κ2) is 8.48. The van der Waals surface area contributed by atoms with E-state index in [9.17, 15) is 4.79 Å². The van der Waals surface area contributed by atoms with Crippen molar-refractivity contribution in [3.05, 3.63) is 0 Å². The van der Waals surface area contributed by atoms with Crippen LogP contribution in [-0.4, -0.2) is 36.2 Å². The van der Waals surface area contributed by atoms with Gasteiger partial charge in [-0.1, -0.05) is 12.8 Å². The number of aliphatic hydroxyl groups excluding tert-OH is 1. The molecule has 1 unspecified atom stereocenters. The molecule has 1 amide bonds. The molecule has 1 aliphatic rings. The van der Waals surface area contributed by atoms with Gasteiger partial charge >= 0.3 is 0 Å². The molecule has 4 heteroatoms. The fourth-order valence-electron chi connectivity index (χ4n) is 2.22. The van der Waals surface area contributed by atoms with E-state index in [1.165, 1.54) is 12.8 Å². The van der Waals surface area contributed by atoms with Crippen molar-refractivity contribution in [2.45, 2.75) is 64.0 Å². The minimum Gasteiger partial charge on any atom is -0.396 e. The van der Waals surface area contributed by atoms with Gasteiger partial charge in [-0.25, -0.2) is 0 Å². The van der Waals surface area contributed by atoms with Crippen LogP contribution in [0.3, 0.4) is 0 Å². The normalized spacial score (nSPS) is 18.2. The van der Waals surface area contributed by atoms with Crippen molar-refractivity contribution in [3.8, 4) is 0 Å². The molecule has 0 aromatic heterocycles. The van der Waals surface area contributed by atoms with Gasteiger partial charge < -0.3 is 15.7 Å². The van der Waals surface area contributed by atoms with E-state index in [2.05, 4.69) is 10.6 Å². The number of hydrogen-bond acceptors (Lipinski definition) is 3. The van der Waals surface area contributed by atoms with E-state index in [-0.39, 0.29) is 18.6 Å². The average molecular weight is 242 g/mol. The van der Waals surface area contributed by atoms with Crippen molar-refractivity contribution >= 4 is 5.91 Å². The van der Waals surface area contributed by atoms with Crippen molar-refractivity contribution in [1.82, 2.24) is 10.6 Å². The third kappa shape index (κ3) is 6.03. The molecule has 0 saturated heterocycles. The Bertz CT molecular complexity index is 215. The van der Waals surface area contributed by atoms with Gasteiger partial charge in [0.2, 0.25) is 5.91 Å². The number of amides is 1. The minimum absolute atomic E-state index is 0.107. The summed E-state index contributed by atoms with van der Waals surface area (Å²) in [4.78, 5) is 11.8. The van der Waals surface area contributed by atoms with Gasteiger partial charge in [0.25, 0.3) is 0 Å². The molecule has 0 aromatic rings. The van der Waals surface area contributed by atoms with Crippen LogP contribution in [0.25, 0.3) is 0 Å². The van der Waals surface area contributed by atoms with Crippen LogP contribution in [0.2, 0.25) is 0 Å². The molecule has 17 heavy (non-hydrogen) atoms. The van der Waals surface area contributed by atoms with Crippen LogP contribution in [0, 0.1) is 0 Å². The molecule has 0 heterocycles. The predicted octanol–water partition coefficient (Wildman–Crippen LogP) is 1.19. The van der Waals surface area contributed by atoms with Crippen LogP contribution in [0.4, 0.5) is 0 Å². The quantitative estimate of drug-likeness (QED) is 0.560. The summed E-state index contributed by atoms with van der Waals surface area (Å²) < 4.78 is 0. The number of unbranched alkanes of at least 4 members (excludes halogenated alkanes) is 2. The van der Waals surface area contributed by atoms with Crippen LogP contribution in [0.1, 0.15) is 51.9 Å². The monoisotopic (exact) mass is 242 g/mol. The van der Waals surface area contributed by atoms with E-state index in [0.29, 0.717) is 6.04 Å². The molecular formula is C13H26N2O2. The first-order chi connectivity index (χ1) is 8.24. The molecule has 0 radical (unpaired) electrons. The van der Waals surface area contributed by atoms with Gasteiger partial charge in [0, 0.05) is 12.6 Å². The molecule has 1 aliphatic carbocycles. The van der Waals surface area contributed by atoms with Gasteiger partial charge in [0.15, 0.2) is 0 Å². The van der Waals surface area contributed by atoms with E-state index in [0.717, 1.165) is 38.6 Å². The van der Waals surface area contributed by atoms with Gasteiger partial charge in [0.05, 0.1) is 6.04 Å². The molecule has 3 N–H and O–H groups in total. The molecular weight excluding hydrogens is 216 g/mol. The zero-order valence-corrected chi connectivity index (χ0v) is 10.9. The first-order valence-corrected chi connectivity index (χ1v) is 6.88. The lowest BCUT2D eigenvalue weighted by atomic mass is 10.2. The van der Waals surface area contributed by atoms with Gasteiger partial charge in [0.1, 0.15) is 0 Å². The highest BCUT2D eigenvalue weighted by Gasteiger charge is 2.19. The van der Waals surface area contributed by atoms with Crippen LogP contribution >= 0.6 is 0 Å². The number of nitrogens with one attached hydrogen (secondary N) is 2. The van der Waals surface area contributed by atoms with Crippen molar-refractivity contribution in [3.63, 3.8) is 0 Å². The summed E-state index contributed by atoms with van der Waals surface area (Å²) in [5, 5.41) is 14.9. The molecule has 100 valence electrons. The lowest BCUT2D eigenvalue weighted by Gasteiger charge is -2.17. The summed E-state index contributed by atoms with van der Waals surface area (Å²) in [6, 6.07) is 0.297. The predicted molar refractivity (Wildman–Crippen MR) is 68.8 cm³/mol. The number of carbonyl (C=O) groups excluding carboxylic acids is 1. The number of aliphatic hydroxyl groups is 1. The van der Waals surface area contributed by atoms with Crippen molar-refractivity contribution in [2.75, 3.05) is 13.2 Å². The summed E-state index contributed by atoms with van der Waals surface area (Å²) in [6.45, 7) is 3.02. The largest absolute Gasteiger partial charge is 0.396 e. The van der Waals surface area contributed by atoms with E-state index in [1.807, 2.05) is 6.92 Å². The van der Waals surface area contributed by atoms with Crippen LogP contribution in [0.5, 0.6) is 0 Å².